The Morgan fingerprint density at radius 1 is 1.24 bits per heavy atom. The molecule has 1 amide bonds. The monoisotopic (exact) mass is 358 g/mol. The summed E-state index contributed by atoms with van der Waals surface area (Å²) in [6.45, 7) is 4.35. The number of hydrogen-bond acceptors (Lipinski definition) is 3. The lowest BCUT2D eigenvalue weighted by Crippen LogP contribution is -2.34. The number of carbonyl (C=O) groups is 1. The van der Waals surface area contributed by atoms with Gasteiger partial charge in [-0.3, -0.25) is 9.10 Å². The van der Waals surface area contributed by atoms with Crippen LogP contribution in [0.4, 0.5) is 5.69 Å². The molecule has 1 N–H and O–H groups in total. The minimum Gasteiger partial charge on any atom is -0.348 e. The normalized spacial score (nSPS) is 16.6. The van der Waals surface area contributed by atoms with Crippen molar-refractivity contribution in [2.24, 2.45) is 0 Å². The number of carbonyl (C=O) groups excluding carboxylic acids is 1. The lowest BCUT2D eigenvalue weighted by molar-refractivity contribution is 0.0951. The van der Waals surface area contributed by atoms with Gasteiger partial charge in [-0.05, 0) is 49.6 Å². The van der Waals surface area contributed by atoms with E-state index in [2.05, 4.69) is 5.32 Å². The van der Waals surface area contributed by atoms with Crippen molar-refractivity contribution in [1.82, 2.24) is 5.32 Å². The maximum absolute atomic E-state index is 12.4. The van der Waals surface area contributed by atoms with Crippen LogP contribution < -0.4 is 9.62 Å². The maximum Gasteiger partial charge on any atom is 0.251 e. The van der Waals surface area contributed by atoms with Crippen molar-refractivity contribution >= 4 is 21.6 Å². The zero-order chi connectivity index (χ0) is 18.2. The summed E-state index contributed by atoms with van der Waals surface area (Å²) in [5.41, 5.74) is 4.31. The summed E-state index contributed by atoms with van der Waals surface area (Å²) in [6, 6.07) is 13.1. The van der Waals surface area contributed by atoms with Gasteiger partial charge >= 0.3 is 0 Å². The number of anilines is 1. The minimum atomic E-state index is -3.32. The van der Waals surface area contributed by atoms with Crippen LogP contribution in [0.2, 0.25) is 0 Å². The highest BCUT2D eigenvalue weighted by atomic mass is 32.2. The van der Waals surface area contributed by atoms with Crippen LogP contribution in [0.25, 0.3) is 0 Å². The fourth-order valence-electron chi connectivity index (χ4n) is 3.36. The molecule has 0 bridgehead atoms. The van der Waals surface area contributed by atoms with Gasteiger partial charge in [0.2, 0.25) is 10.0 Å². The summed E-state index contributed by atoms with van der Waals surface area (Å²) in [6.07, 6.45) is 1.82. The first-order valence-corrected chi connectivity index (χ1v) is 10.1. The smallest absolute Gasteiger partial charge is 0.251 e. The number of nitrogens with one attached hydrogen (secondary N) is 1. The van der Waals surface area contributed by atoms with Gasteiger partial charge in [-0.25, -0.2) is 8.42 Å². The summed E-state index contributed by atoms with van der Waals surface area (Å²) in [4.78, 5) is 12.4. The Hall–Kier alpha value is -2.34. The fourth-order valence-corrected chi connectivity index (χ4v) is 4.62. The molecule has 0 radical (unpaired) electrons. The van der Waals surface area contributed by atoms with Crippen molar-refractivity contribution in [2.45, 2.75) is 32.9 Å². The van der Waals surface area contributed by atoms with Crippen molar-refractivity contribution in [3.63, 3.8) is 0 Å². The minimum absolute atomic E-state index is 0.129. The van der Waals surface area contributed by atoms with Crippen molar-refractivity contribution in [3.8, 4) is 0 Å². The third-order valence-corrected chi connectivity index (χ3v) is 5.66. The van der Waals surface area contributed by atoms with Crippen molar-refractivity contribution in [2.75, 3.05) is 10.6 Å². The molecule has 0 saturated heterocycles. The Labute approximate surface area is 148 Å². The van der Waals surface area contributed by atoms with Gasteiger partial charge in [0.25, 0.3) is 5.91 Å². The number of aryl methyl sites for hydroxylation is 1. The Morgan fingerprint density at radius 2 is 2.00 bits per heavy atom. The number of nitrogens with zero attached hydrogens (tertiary/aromatic N) is 1. The third-order valence-electron chi connectivity index (χ3n) is 4.39. The number of rotatable bonds is 4. The molecule has 0 aliphatic carbocycles. The average molecular weight is 358 g/mol. The van der Waals surface area contributed by atoms with E-state index in [1.807, 2.05) is 38.1 Å². The van der Waals surface area contributed by atoms with E-state index in [0.717, 1.165) is 16.7 Å². The Balaban J connectivity index is 1.76. The summed E-state index contributed by atoms with van der Waals surface area (Å²) in [5, 5.41) is 2.92. The number of hydrogen-bond donors (Lipinski definition) is 1. The highest BCUT2D eigenvalue weighted by Gasteiger charge is 2.32. The summed E-state index contributed by atoms with van der Waals surface area (Å²) < 4.78 is 25.3. The van der Waals surface area contributed by atoms with Gasteiger partial charge in [-0.15, -0.1) is 0 Å². The molecule has 6 heteroatoms. The largest absolute Gasteiger partial charge is 0.348 e. The van der Waals surface area contributed by atoms with Crippen LogP contribution in [0.3, 0.4) is 0 Å². The topological polar surface area (TPSA) is 66.5 Å². The molecule has 132 valence electrons. The Morgan fingerprint density at radius 3 is 2.68 bits per heavy atom. The molecular formula is C19H22N2O3S. The molecule has 1 aliphatic rings. The third kappa shape index (κ3) is 3.69. The van der Waals surface area contributed by atoms with E-state index in [1.165, 1.54) is 10.6 Å². The van der Waals surface area contributed by atoms with E-state index in [0.29, 0.717) is 24.2 Å². The van der Waals surface area contributed by atoms with Crippen molar-refractivity contribution in [3.05, 3.63) is 64.7 Å². The Bertz CT molecular complexity index is 922. The second-order valence-corrected chi connectivity index (χ2v) is 8.49. The van der Waals surface area contributed by atoms with Gasteiger partial charge in [0.1, 0.15) is 0 Å². The molecule has 0 aromatic heterocycles. The molecule has 0 spiro atoms. The predicted octanol–water partition coefficient (Wildman–Crippen LogP) is 2.64. The fraction of sp³-hybridized carbons (Fsp3) is 0.316. The number of amides is 1. The first kappa shape index (κ1) is 17.5. The molecule has 1 atom stereocenters. The Kier molecular flexibility index (Phi) is 4.56. The molecule has 2 aromatic rings. The van der Waals surface area contributed by atoms with Crippen LogP contribution in [0, 0.1) is 6.92 Å². The zero-order valence-corrected chi connectivity index (χ0v) is 15.4. The first-order chi connectivity index (χ1) is 11.8. The number of benzene rings is 2. The van der Waals surface area contributed by atoms with E-state index in [9.17, 15) is 13.2 Å². The van der Waals surface area contributed by atoms with Crippen molar-refractivity contribution < 1.29 is 13.2 Å². The summed E-state index contributed by atoms with van der Waals surface area (Å²) >= 11 is 0. The molecule has 5 nitrogen and oxygen atoms in total. The number of sulfonamides is 1. The van der Waals surface area contributed by atoms with Crippen LogP contribution in [0.15, 0.2) is 42.5 Å². The van der Waals surface area contributed by atoms with Crippen LogP contribution in [-0.4, -0.2) is 26.6 Å². The van der Waals surface area contributed by atoms with E-state index < -0.39 is 10.0 Å². The van der Waals surface area contributed by atoms with Crippen LogP contribution in [0.5, 0.6) is 0 Å². The molecule has 1 heterocycles. The van der Waals surface area contributed by atoms with Crippen LogP contribution >= 0.6 is 0 Å². The van der Waals surface area contributed by atoms with Gasteiger partial charge < -0.3 is 5.32 Å². The summed E-state index contributed by atoms with van der Waals surface area (Å²) in [7, 11) is -3.32. The predicted molar refractivity (Wildman–Crippen MR) is 99.3 cm³/mol. The van der Waals surface area contributed by atoms with Gasteiger partial charge in [0, 0.05) is 18.2 Å². The van der Waals surface area contributed by atoms with Crippen LogP contribution in [-0.2, 0) is 23.0 Å². The van der Waals surface area contributed by atoms with E-state index in [-0.39, 0.29) is 11.9 Å². The van der Waals surface area contributed by atoms with E-state index >= 15 is 0 Å². The zero-order valence-electron chi connectivity index (χ0n) is 14.6. The second kappa shape index (κ2) is 6.52. The second-order valence-electron chi connectivity index (χ2n) is 6.63. The van der Waals surface area contributed by atoms with Gasteiger partial charge in [0.05, 0.1) is 11.9 Å². The van der Waals surface area contributed by atoms with Gasteiger partial charge in [-0.1, -0.05) is 29.8 Å². The molecule has 1 aliphatic heterocycles. The molecule has 25 heavy (non-hydrogen) atoms. The maximum atomic E-state index is 12.4. The molecule has 0 saturated carbocycles. The standard InChI is InChI=1S/C19H22N2O3S/c1-13-5-4-6-15(9-13)12-20-19(22)16-7-8-18-17(11-16)10-14(2)21(18)25(3,23)24/h4-9,11,14H,10,12H2,1-3H3,(H,20,22). The average Bonchev–Trinajstić information content (AvgIpc) is 2.87. The number of fused-ring (bicyclic) bond motifs is 1. The van der Waals surface area contributed by atoms with Crippen molar-refractivity contribution in [1.29, 1.82) is 0 Å². The molecular weight excluding hydrogens is 336 g/mol. The van der Waals surface area contributed by atoms with E-state index in [1.54, 1.807) is 18.2 Å². The lowest BCUT2D eigenvalue weighted by Gasteiger charge is -2.21. The molecule has 3 rings (SSSR count). The van der Waals surface area contributed by atoms with E-state index in [4.69, 9.17) is 0 Å². The highest BCUT2D eigenvalue weighted by molar-refractivity contribution is 7.92. The molecule has 0 fully saturated rings. The lowest BCUT2D eigenvalue weighted by atomic mass is 10.1. The van der Waals surface area contributed by atoms with Crippen LogP contribution in [0.1, 0.15) is 34.0 Å². The SMILES string of the molecule is Cc1cccc(CNC(=O)c2ccc3c(c2)CC(C)N3S(C)(=O)=O)c1. The molecule has 1 unspecified atom stereocenters. The van der Waals surface area contributed by atoms with Gasteiger partial charge in [0.15, 0.2) is 0 Å². The highest BCUT2D eigenvalue weighted by Crippen LogP contribution is 2.34. The summed E-state index contributed by atoms with van der Waals surface area (Å²) in [5.74, 6) is -0.158. The van der Waals surface area contributed by atoms with Gasteiger partial charge in [-0.2, -0.15) is 0 Å². The first-order valence-electron chi connectivity index (χ1n) is 8.22. The molecule has 2 aromatic carbocycles. The quantitative estimate of drug-likeness (QED) is 0.914.